The quantitative estimate of drug-likeness (QED) is 0.781. The third kappa shape index (κ3) is 4.15. The first-order chi connectivity index (χ1) is 8.74. The van der Waals surface area contributed by atoms with Crippen molar-refractivity contribution in [1.82, 2.24) is 14.9 Å². The zero-order chi connectivity index (χ0) is 12.8. The van der Waals surface area contributed by atoms with Crippen LogP contribution < -0.4 is 5.32 Å². The number of nitrogens with one attached hydrogen (secondary N) is 1. The van der Waals surface area contributed by atoms with Crippen molar-refractivity contribution >= 4 is 0 Å². The normalized spacial score (nSPS) is 19.0. The van der Waals surface area contributed by atoms with Crippen molar-refractivity contribution in [2.75, 3.05) is 13.1 Å². The summed E-state index contributed by atoms with van der Waals surface area (Å²) in [6.07, 6.45) is 13.2. The Labute approximate surface area is 110 Å². The van der Waals surface area contributed by atoms with Gasteiger partial charge < -0.3 is 9.88 Å². The Bertz CT molecular complexity index is 429. The molecule has 1 aromatic heterocycles. The van der Waals surface area contributed by atoms with E-state index in [1.165, 1.54) is 12.0 Å². The highest BCUT2D eigenvalue weighted by molar-refractivity contribution is 5.24. The molecule has 0 aromatic carbocycles. The number of rotatable bonds is 6. The largest absolute Gasteiger partial charge is 0.337 e. The van der Waals surface area contributed by atoms with Gasteiger partial charge >= 0.3 is 0 Å². The number of imidazole rings is 1. The van der Waals surface area contributed by atoms with E-state index in [1.54, 1.807) is 0 Å². The molecule has 1 aromatic rings. The lowest BCUT2D eigenvalue weighted by Crippen LogP contribution is -2.20. The Morgan fingerprint density at radius 2 is 2.39 bits per heavy atom. The second-order valence-corrected chi connectivity index (χ2v) is 5.14. The molecule has 2 rings (SSSR count). The van der Waals surface area contributed by atoms with Crippen LogP contribution in [0, 0.1) is 12.8 Å². The van der Waals surface area contributed by atoms with Crippen LogP contribution in [-0.2, 0) is 6.54 Å². The van der Waals surface area contributed by atoms with Crippen LogP contribution in [0.3, 0.4) is 0 Å². The Balaban J connectivity index is 1.60. The van der Waals surface area contributed by atoms with Crippen LogP contribution in [0.25, 0.3) is 0 Å². The molecule has 0 radical (unpaired) electrons. The van der Waals surface area contributed by atoms with Crippen molar-refractivity contribution in [2.45, 2.75) is 33.2 Å². The standard InChI is InChI=1S/C15H23N3/c1-13-5-3-6-15(9-13)10-16-7-4-8-18-11-14(2)17-12-18/h3,6,9,11-13,16H,4-5,7-8,10H2,1-2H3. The minimum absolute atomic E-state index is 0.695. The van der Waals surface area contributed by atoms with Gasteiger partial charge in [0.05, 0.1) is 12.0 Å². The maximum atomic E-state index is 4.22. The highest BCUT2D eigenvalue weighted by Gasteiger charge is 2.03. The summed E-state index contributed by atoms with van der Waals surface area (Å²) < 4.78 is 2.15. The van der Waals surface area contributed by atoms with Crippen LogP contribution in [0.2, 0.25) is 0 Å². The molecule has 0 aliphatic heterocycles. The van der Waals surface area contributed by atoms with E-state index in [0.717, 1.165) is 31.7 Å². The zero-order valence-corrected chi connectivity index (χ0v) is 11.4. The van der Waals surface area contributed by atoms with E-state index in [-0.39, 0.29) is 0 Å². The van der Waals surface area contributed by atoms with Crippen LogP contribution in [0.1, 0.15) is 25.5 Å². The zero-order valence-electron chi connectivity index (χ0n) is 11.4. The molecule has 0 saturated heterocycles. The van der Waals surface area contributed by atoms with E-state index < -0.39 is 0 Å². The average molecular weight is 245 g/mol. The fraction of sp³-hybridized carbons (Fsp3) is 0.533. The van der Waals surface area contributed by atoms with Crippen LogP contribution in [0.5, 0.6) is 0 Å². The molecule has 1 aliphatic rings. The fourth-order valence-electron chi connectivity index (χ4n) is 2.25. The highest BCUT2D eigenvalue weighted by Crippen LogP contribution is 2.14. The Kier molecular flexibility index (Phi) is 4.76. The number of aromatic nitrogens is 2. The van der Waals surface area contributed by atoms with Gasteiger partial charge in [0, 0.05) is 19.3 Å². The molecule has 0 saturated carbocycles. The minimum Gasteiger partial charge on any atom is -0.337 e. The summed E-state index contributed by atoms with van der Waals surface area (Å²) in [5, 5.41) is 3.50. The van der Waals surface area contributed by atoms with Gasteiger partial charge in [0.1, 0.15) is 0 Å². The van der Waals surface area contributed by atoms with Gasteiger partial charge in [0.15, 0.2) is 0 Å². The summed E-state index contributed by atoms with van der Waals surface area (Å²) in [6.45, 7) is 7.38. The number of hydrogen-bond donors (Lipinski definition) is 1. The van der Waals surface area contributed by atoms with Gasteiger partial charge in [-0.25, -0.2) is 4.98 Å². The first kappa shape index (κ1) is 13.1. The Hall–Kier alpha value is -1.35. The lowest BCUT2D eigenvalue weighted by Gasteiger charge is -2.13. The van der Waals surface area contributed by atoms with Gasteiger partial charge in [0.2, 0.25) is 0 Å². The van der Waals surface area contributed by atoms with Gasteiger partial charge in [-0.15, -0.1) is 0 Å². The monoisotopic (exact) mass is 245 g/mol. The molecule has 3 nitrogen and oxygen atoms in total. The molecule has 0 spiro atoms. The van der Waals surface area contributed by atoms with Crippen LogP contribution in [0.15, 0.2) is 36.3 Å². The molecular formula is C15H23N3. The molecule has 0 amide bonds. The summed E-state index contributed by atoms with van der Waals surface area (Å²) >= 11 is 0. The third-order valence-corrected chi connectivity index (χ3v) is 3.20. The van der Waals surface area contributed by atoms with E-state index in [0.29, 0.717) is 5.92 Å². The Morgan fingerprint density at radius 1 is 1.50 bits per heavy atom. The first-order valence-corrected chi connectivity index (χ1v) is 6.80. The summed E-state index contributed by atoms with van der Waals surface area (Å²) in [5.74, 6) is 0.695. The number of allylic oxidation sites excluding steroid dienone is 2. The van der Waals surface area contributed by atoms with E-state index >= 15 is 0 Å². The maximum Gasteiger partial charge on any atom is 0.0949 e. The molecule has 1 atom stereocenters. The van der Waals surface area contributed by atoms with Gasteiger partial charge in [-0.3, -0.25) is 0 Å². The molecule has 1 heterocycles. The SMILES string of the molecule is Cc1cn(CCCNCC2=CC(C)CC=C2)cn1. The van der Waals surface area contributed by atoms with Crippen molar-refractivity contribution in [2.24, 2.45) is 5.92 Å². The lowest BCUT2D eigenvalue weighted by molar-refractivity contribution is 0.595. The first-order valence-electron chi connectivity index (χ1n) is 6.80. The summed E-state index contributed by atoms with van der Waals surface area (Å²) in [4.78, 5) is 4.22. The molecule has 98 valence electrons. The number of aryl methyl sites for hydroxylation is 2. The summed E-state index contributed by atoms with van der Waals surface area (Å²) in [5.41, 5.74) is 2.52. The molecule has 18 heavy (non-hydrogen) atoms. The van der Waals surface area contributed by atoms with Crippen LogP contribution >= 0.6 is 0 Å². The number of nitrogens with zero attached hydrogens (tertiary/aromatic N) is 2. The van der Waals surface area contributed by atoms with E-state index in [4.69, 9.17) is 0 Å². The average Bonchev–Trinajstić information content (AvgIpc) is 2.75. The maximum absolute atomic E-state index is 4.22. The van der Waals surface area contributed by atoms with Gasteiger partial charge in [-0.2, -0.15) is 0 Å². The van der Waals surface area contributed by atoms with E-state index in [2.05, 4.69) is 46.2 Å². The summed E-state index contributed by atoms with van der Waals surface area (Å²) in [6, 6.07) is 0. The molecule has 3 heteroatoms. The molecule has 0 bridgehead atoms. The van der Waals surface area contributed by atoms with Crippen molar-refractivity contribution in [3.05, 3.63) is 42.0 Å². The van der Waals surface area contributed by atoms with Gasteiger partial charge in [-0.05, 0) is 37.8 Å². The number of hydrogen-bond acceptors (Lipinski definition) is 2. The Morgan fingerprint density at radius 3 is 3.11 bits per heavy atom. The van der Waals surface area contributed by atoms with Gasteiger partial charge in [-0.1, -0.05) is 25.2 Å². The van der Waals surface area contributed by atoms with Crippen molar-refractivity contribution in [1.29, 1.82) is 0 Å². The minimum atomic E-state index is 0.695. The molecule has 1 aliphatic carbocycles. The van der Waals surface area contributed by atoms with E-state index in [9.17, 15) is 0 Å². The molecule has 1 N–H and O–H groups in total. The molecule has 0 fully saturated rings. The second-order valence-electron chi connectivity index (χ2n) is 5.14. The summed E-state index contributed by atoms with van der Waals surface area (Å²) in [7, 11) is 0. The van der Waals surface area contributed by atoms with Crippen molar-refractivity contribution < 1.29 is 0 Å². The van der Waals surface area contributed by atoms with E-state index in [1.807, 2.05) is 13.3 Å². The predicted molar refractivity (Wildman–Crippen MR) is 75.5 cm³/mol. The van der Waals surface area contributed by atoms with Crippen molar-refractivity contribution in [3.8, 4) is 0 Å². The van der Waals surface area contributed by atoms with Crippen LogP contribution in [-0.4, -0.2) is 22.6 Å². The highest BCUT2D eigenvalue weighted by atomic mass is 15.0. The topological polar surface area (TPSA) is 29.9 Å². The fourth-order valence-corrected chi connectivity index (χ4v) is 2.25. The smallest absolute Gasteiger partial charge is 0.0949 e. The molecule has 1 unspecified atom stereocenters. The lowest BCUT2D eigenvalue weighted by atomic mass is 9.98. The third-order valence-electron chi connectivity index (χ3n) is 3.20. The predicted octanol–water partition coefficient (Wildman–Crippen LogP) is 2.69. The van der Waals surface area contributed by atoms with Gasteiger partial charge in [0.25, 0.3) is 0 Å². The molecular weight excluding hydrogens is 222 g/mol. The van der Waals surface area contributed by atoms with Crippen molar-refractivity contribution in [3.63, 3.8) is 0 Å². The second kappa shape index (κ2) is 6.55. The van der Waals surface area contributed by atoms with Crippen LogP contribution in [0.4, 0.5) is 0 Å².